The van der Waals surface area contributed by atoms with Crippen LogP contribution in [0.5, 0.6) is 0 Å². The average molecular weight is 285 g/mol. The van der Waals surface area contributed by atoms with Crippen LogP contribution in [0.15, 0.2) is 0 Å². The Morgan fingerprint density at radius 2 is 1.95 bits per heavy atom. The molecule has 0 saturated heterocycles. The number of hydrogen-bond donors (Lipinski definition) is 2. The van der Waals surface area contributed by atoms with Gasteiger partial charge < -0.3 is 20.3 Å². The van der Waals surface area contributed by atoms with E-state index in [0.717, 1.165) is 4.90 Å². The first-order valence-corrected chi connectivity index (χ1v) is 5.53. The quantitative estimate of drug-likeness (QED) is 0.582. The minimum Gasteiger partial charge on any atom is -0.383 e. The highest BCUT2D eigenvalue weighted by atomic mass is 19.4. The zero-order chi connectivity index (χ0) is 14.9. The number of halogens is 3. The molecule has 2 N–H and O–H groups in total. The molecule has 0 heterocycles. The summed E-state index contributed by atoms with van der Waals surface area (Å²) < 4.78 is 40.2. The maximum Gasteiger partial charge on any atom is 0.401 e. The molecular weight excluding hydrogens is 267 g/mol. The molecule has 0 aliphatic heterocycles. The van der Waals surface area contributed by atoms with Crippen molar-refractivity contribution in [3.63, 3.8) is 0 Å². The molecule has 0 saturated carbocycles. The van der Waals surface area contributed by atoms with Gasteiger partial charge in [0.05, 0.1) is 26.2 Å². The van der Waals surface area contributed by atoms with Crippen molar-refractivity contribution < 1.29 is 27.5 Å². The van der Waals surface area contributed by atoms with Gasteiger partial charge in [0.1, 0.15) is 0 Å². The molecule has 0 aromatic rings. The van der Waals surface area contributed by atoms with Crippen LogP contribution in [0.3, 0.4) is 0 Å². The molecule has 0 spiro atoms. The predicted molar refractivity (Wildman–Crippen MR) is 61.4 cm³/mol. The number of alkyl halides is 3. The summed E-state index contributed by atoms with van der Waals surface area (Å²) in [7, 11) is 2.82. The van der Waals surface area contributed by atoms with Crippen LogP contribution in [0.4, 0.5) is 13.2 Å². The van der Waals surface area contributed by atoms with Crippen LogP contribution >= 0.6 is 0 Å². The van der Waals surface area contributed by atoms with Crippen molar-refractivity contribution >= 4 is 11.8 Å². The first-order chi connectivity index (χ1) is 8.76. The van der Waals surface area contributed by atoms with Gasteiger partial charge in [-0.25, -0.2) is 0 Å². The van der Waals surface area contributed by atoms with Crippen molar-refractivity contribution in [2.45, 2.75) is 6.18 Å². The molecule has 0 unspecified atom stereocenters. The van der Waals surface area contributed by atoms with Crippen LogP contribution in [0.2, 0.25) is 0 Å². The summed E-state index contributed by atoms with van der Waals surface area (Å²) in [5, 5.41) is 4.46. The zero-order valence-corrected chi connectivity index (χ0v) is 10.8. The first-order valence-electron chi connectivity index (χ1n) is 5.53. The predicted octanol–water partition coefficient (Wildman–Crippen LogP) is -0.641. The lowest BCUT2D eigenvalue weighted by Gasteiger charge is -2.17. The van der Waals surface area contributed by atoms with Crippen LogP contribution in [0.1, 0.15) is 0 Å². The van der Waals surface area contributed by atoms with Crippen molar-refractivity contribution in [1.29, 1.82) is 0 Å². The van der Waals surface area contributed by atoms with E-state index < -0.39 is 31.1 Å². The molecule has 2 amide bonds. The van der Waals surface area contributed by atoms with Gasteiger partial charge in [-0.05, 0) is 0 Å². The largest absolute Gasteiger partial charge is 0.401 e. The molecule has 0 rings (SSSR count). The molecule has 9 heteroatoms. The highest BCUT2D eigenvalue weighted by Crippen LogP contribution is 2.11. The Balaban J connectivity index is 3.84. The van der Waals surface area contributed by atoms with Crippen LogP contribution in [0.25, 0.3) is 0 Å². The second-order valence-corrected chi connectivity index (χ2v) is 3.81. The van der Waals surface area contributed by atoms with Crippen molar-refractivity contribution in [1.82, 2.24) is 15.5 Å². The summed E-state index contributed by atoms with van der Waals surface area (Å²) in [5.41, 5.74) is 0. The van der Waals surface area contributed by atoms with E-state index in [2.05, 4.69) is 5.32 Å². The third-order valence-corrected chi connectivity index (χ3v) is 2.04. The number of carbonyl (C=O) groups excluding carboxylic acids is 2. The monoisotopic (exact) mass is 285 g/mol. The van der Waals surface area contributed by atoms with Crippen LogP contribution in [-0.2, 0) is 14.3 Å². The standard InChI is InChI=1S/C10H18F3N3O3/c1-16(6-8(17)15-3-4-19-2)9(18)5-14-7-10(11,12)13/h14H,3-7H2,1-2H3,(H,15,17). The van der Waals surface area contributed by atoms with Crippen molar-refractivity contribution in [3.8, 4) is 0 Å². The zero-order valence-electron chi connectivity index (χ0n) is 10.8. The Hall–Kier alpha value is -1.35. The third-order valence-electron chi connectivity index (χ3n) is 2.04. The Kier molecular flexibility index (Phi) is 8.08. The molecule has 0 atom stereocenters. The number of likely N-dealkylation sites (N-methyl/N-ethyl adjacent to an activating group) is 1. The van der Waals surface area contributed by atoms with Crippen LogP contribution in [0, 0.1) is 0 Å². The number of amides is 2. The molecule has 112 valence electrons. The number of methoxy groups -OCH3 is 1. The van der Waals surface area contributed by atoms with E-state index in [4.69, 9.17) is 4.74 Å². The highest BCUT2D eigenvalue weighted by molar-refractivity contribution is 5.85. The fourth-order valence-corrected chi connectivity index (χ4v) is 1.10. The molecule has 0 bridgehead atoms. The van der Waals surface area contributed by atoms with Gasteiger partial charge in [-0.1, -0.05) is 0 Å². The number of rotatable bonds is 8. The SMILES string of the molecule is COCCNC(=O)CN(C)C(=O)CNCC(F)(F)F. The van der Waals surface area contributed by atoms with Gasteiger partial charge in [0.2, 0.25) is 11.8 Å². The highest BCUT2D eigenvalue weighted by Gasteiger charge is 2.26. The molecule has 0 aliphatic rings. The van der Waals surface area contributed by atoms with Gasteiger partial charge in [0, 0.05) is 20.7 Å². The minimum atomic E-state index is -4.36. The fourth-order valence-electron chi connectivity index (χ4n) is 1.10. The van der Waals surface area contributed by atoms with E-state index in [0.29, 0.717) is 13.2 Å². The maximum atomic E-state index is 11.8. The lowest BCUT2D eigenvalue weighted by Crippen LogP contribution is -2.43. The Bertz CT molecular complexity index is 297. The van der Waals surface area contributed by atoms with E-state index >= 15 is 0 Å². The van der Waals surface area contributed by atoms with Crippen molar-refractivity contribution in [3.05, 3.63) is 0 Å². The van der Waals surface area contributed by atoms with Gasteiger partial charge in [0.25, 0.3) is 0 Å². The second-order valence-electron chi connectivity index (χ2n) is 3.81. The number of nitrogens with one attached hydrogen (secondary N) is 2. The van der Waals surface area contributed by atoms with E-state index in [1.165, 1.54) is 14.2 Å². The van der Waals surface area contributed by atoms with E-state index in [1.54, 1.807) is 0 Å². The molecule has 0 aromatic heterocycles. The number of carbonyl (C=O) groups is 2. The maximum absolute atomic E-state index is 11.8. The van der Waals surface area contributed by atoms with Crippen LogP contribution in [-0.4, -0.2) is 69.8 Å². The third kappa shape index (κ3) is 10.3. The number of nitrogens with zero attached hydrogens (tertiary/aromatic N) is 1. The van der Waals surface area contributed by atoms with Gasteiger partial charge in [0.15, 0.2) is 0 Å². The van der Waals surface area contributed by atoms with Gasteiger partial charge in [-0.2, -0.15) is 13.2 Å². The van der Waals surface area contributed by atoms with Gasteiger partial charge in [-0.15, -0.1) is 0 Å². The summed E-state index contributed by atoms with van der Waals surface area (Å²) in [6.45, 7) is -1.27. The van der Waals surface area contributed by atoms with E-state index in [9.17, 15) is 22.8 Å². The van der Waals surface area contributed by atoms with Crippen LogP contribution < -0.4 is 10.6 Å². The molecule has 0 radical (unpaired) electrons. The Labute approximate surface area is 109 Å². The molecular formula is C10H18F3N3O3. The van der Waals surface area contributed by atoms with Gasteiger partial charge in [-0.3, -0.25) is 9.59 Å². The Morgan fingerprint density at radius 1 is 1.32 bits per heavy atom. The smallest absolute Gasteiger partial charge is 0.383 e. The summed E-state index contributed by atoms with van der Waals surface area (Å²) in [5.74, 6) is -0.991. The van der Waals surface area contributed by atoms with E-state index in [-0.39, 0.29) is 6.54 Å². The van der Waals surface area contributed by atoms with Crippen molar-refractivity contribution in [2.75, 3.05) is 46.9 Å². The average Bonchev–Trinajstić information content (AvgIpc) is 2.27. The topological polar surface area (TPSA) is 70.7 Å². The summed E-state index contributed by atoms with van der Waals surface area (Å²) in [6.07, 6.45) is -4.36. The minimum absolute atomic E-state index is 0.212. The lowest BCUT2D eigenvalue weighted by atomic mass is 10.4. The molecule has 19 heavy (non-hydrogen) atoms. The second kappa shape index (κ2) is 8.70. The first kappa shape index (κ1) is 17.6. The summed E-state index contributed by atoms with van der Waals surface area (Å²) in [4.78, 5) is 23.7. The Morgan fingerprint density at radius 3 is 2.47 bits per heavy atom. The molecule has 0 aliphatic carbocycles. The molecule has 0 fully saturated rings. The number of ether oxygens (including phenoxy) is 1. The van der Waals surface area contributed by atoms with E-state index in [1.807, 2.05) is 5.32 Å². The van der Waals surface area contributed by atoms with Crippen molar-refractivity contribution in [2.24, 2.45) is 0 Å². The van der Waals surface area contributed by atoms with Gasteiger partial charge >= 0.3 is 6.18 Å². The molecule has 0 aromatic carbocycles. The lowest BCUT2D eigenvalue weighted by molar-refractivity contribution is -0.136. The number of hydrogen-bond acceptors (Lipinski definition) is 4. The summed E-state index contributed by atoms with van der Waals surface area (Å²) >= 11 is 0. The molecule has 6 nitrogen and oxygen atoms in total. The normalized spacial score (nSPS) is 11.2. The summed E-state index contributed by atoms with van der Waals surface area (Å²) in [6, 6.07) is 0. The fraction of sp³-hybridized carbons (Fsp3) is 0.800.